The van der Waals surface area contributed by atoms with Crippen molar-refractivity contribution < 1.29 is 47.7 Å². The van der Waals surface area contributed by atoms with E-state index in [1.807, 2.05) is 13.0 Å². The van der Waals surface area contributed by atoms with E-state index in [1.54, 1.807) is 41.0 Å². The molecule has 0 radical (unpaired) electrons. The van der Waals surface area contributed by atoms with Gasteiger partial charge >= 0.3 is 12.1 Å². The van der Waals surface area contributed by atoms with Gasteiger partial charge in [-0.1, -0.05) is 25.1 Å². The molecule has 4 fully saturated rings. The molecular weight excluding hydrogens is 726 g/mol. The molecule has 5 amide bonds. The molecular formula is C39H53N7O10. The minimum Gasteiger partial charge on any atom is -0.467 e. The fourth-order valence-corrected chi connectivity index (χ4v) is 7.12. The predicted octanol–water partition coefficient (Wildman–Crippen LogP) is 2.06. The average Bonchev–Trinajstić information content (AvgIpc) is 3.85. The highest BCUT2D eigenvalue weighted by molar-refractivity contribution is 5.96. The Kier molecular flexibility index (Phi) is 13.5. The standard InChI is InChI=1S/C39H53N7O10/c1-3-39(24-53-25-39)26-56-34(48)16-15-29(37(51)43-18-20-44(21-19-43)38(52)54-4-2)41-35(49)30-22-33(46(42-30)28-12-6-5-7-13-28)55-23-32(47)45-17-9-14-31(45)36(50)40-27-10-8-11-27/h5-7,12-13,22,27,29,31H,3-4,8-11,14-21,23-26H2,1-2H3,(H,40,50)(H,41,49)/t29-,31-/m0/s1. The lowest BCUT2D eigenvalue weighted by molar-refractivity contribution is -0.170. The van der Waals surface area contributed by atoms with Crippen LogP contribution in [0.15, 0.2) is 36.4 Å². The largest absolute Gasteiger partial charge is 0.467 e. The first-order chi connectivity index (χ1) is 27.1. The maximum atomic E-state index is 13.9. The van der Waals surface area contributed by atoms with Gasteiger partial charge in [-0.2, -0.15) is 5.10 Å². The summed E-state index contributed by atoms with van der Waals surface area (Å²) >= 11 is 0. The summed E-state index contributed by atoms with van der Waals surface area (Å²) in [5.74, 6) is -2.02. The second-order valence-corrected chi connectivity index (χ2v) is 14.9. The number of nitrogens with zero attached hydrogens (tertiary/aromatic N) is 5. The van der Waals surface area contributed by atoms with Crippen LogP contribution < -0.4 is 15.4 Å². The number of aromatic nitrogens is 2. The Labute approximate surface area is 326 Å². The number of piperazine rings is 1. The van der Waals surface area contributed by atoms with Gasteiger partial charge in [0.15, 0.2) is 12.3 Å². The summed E-state index contributed by atoms with van der Waals surface area (Å²) in [5.41, 5.74) is 0.266. The van der Waals surface area contributed by atoms with Crippen LogP contribution in [-0.2, 0) is 33.4 Å². The third kappa shape index (κ3) is 9.78. The zero-order valence-electron chi connectivity index (χ0n) is 32.2. The van der Waals surface area contributed by atoms with Crippen LogP contribution in [0.3, 0.4) is 0 Å². The monoisotopic (exact) mass is 779 g/mol. The van der Waals surface area contributed by atoms with Crippen molar-refractivity contribution in [2.24, 2.45) is 5.41 Å². The molecule has 3 saturated heterocycles. The van der Waals surface area contributed by atoms with E-state index in [2.05, 4.69) is 15.7 Å². The zero-order chi connectivity index (χ0) is 39.7. The fraction of sp³-hybridized carbons (Fsp3) is 0.615. The van der Waals surface area contributed by atoms with Crippen LogP contribution in [0.5, 0.6) is 5.88 Å². The Morgan fingerprint density at radius 3 is 2.30 bits per heavy atom. The molecule has 4 heterocycles. The maximum Gasteiger partial charge on any atom is 0.409 e. The molecule has 56 heavy (non-hydrogen) atoms. The van der Waals surface area contributed by atoms with Crippen LogP contribution in [0, 0.1) is 5.41 Å². The number of amides is 5. The molecule has 0 unspecified atom stereocenters. The Morgan fingerprint density at radius 1 is 0.929 bits per heavy atom. The highest BCUT2D eigenvalue weighted by Crippen LogP contribution is 2.31. The highest BCUT2D eigenvalue weighted by atomic mass is 16.6. The Balaban J connectivity index is 1.14. The smallest absolute Gasteiger partial charge is 0.409 e. The molecule has 4 aliphatic rings. The van der Waals surface area contributed by atoms with E-state index < -0.39 is 36.0 Å². The van der Waals surface area contributed by atoms with E-state index in [4.69, 9.17) is 18.9 Å². The summed E-state index contributed by atoms with van der Waals surface area (Å²) in [6, 6.07) is 8.78. The van der Waals surface area contributed by atoms with Crippen LogP contribution in [0.2, 0.25) is 0 Å². The van der Waals surface area contributed by atoms with Crippen LogP contribution in [0.25, 0.3) is 5.69 Å². The Hall–Kier alpha value is -5.19. The molecule has 2 N–H and O–H groups in total. The third-order valence-electron chi connectivity index (χ3n) is 11.0. The Bertz CT molecular complexity index is 1710. The number of hydrogen-bond acceptors (Lipinski definition) is 11. The molecule has 17 nitrogen and oxygen atoms in total. The van der Waals surface area contributed by atoms with Crippen molar-refractivity contribution in [1.29, 1.82) is 0 Å². The number of benzene rings is 1. The molecule has 1 aromatic heterocycles. The van der Waals surface area contributed by atoms with Gasteiger partial charge in [-0.3, -0.25) is 24.0 Å². The van der Waals surface area contributed by atoms with Crippen LogP contribution in [0.1, 0.15) is 75.7 Å². The molecule has 2 atom stereocenters. The number of para-hydroxylation sites is 1. The summed E-state index contributed by atoms with van der Waals surface area (Å²) in [6.07, 6.45) is 4.40. The predicted molar refractivity (Wildman–Crippen MR) is 200 cm³/mol. The SMILES string of the molecule is CCOC(=O)N1CCN(C(=O)[C@H](CCC(=O)OCC2(CC)COC2)NC(=O)c2cc(OCC(=O)N3CCC[C@H]3C(=O)NC3CCC3)n(-c3ccccc3)n2)CC1. The zero-order valence-corrected chi connectivity index (χ0v) is 32.2. The first-order valence-corrected chi connectivity index (χ1v) is 19.7. The first-order valence-electron chi connectivity index (χ1n) is 19.7. The molecule has 2 aromatic rings. The van der Waals surface area contributed by atoms with Crippen LogP contribution in [-0.4, -0.2) is 144 Å². The lowest BCUT2D eigenvalue weighted by Gasteiger charge is -2.40. The first kappa shape index (κ1) is 40.5. The number of likely N-dealkylation sites (tertiary alicyclic amines) is 1. The van der Waals surface area contributed by atoms with Crippen molar-refractivity contribution in [1.82, 2.24) is 35.1 Å². The molecule has 1 saturated carbocycles. The molecule has 3 aliphatic heterocycles. The number of nitrogens with one attached hydrogen (secondary N) is 2. The molecule has 1 aromatic carbocycles. The third-order valence-corrected chi connectivity index (χ3v) is 11.0. The van der Waals surface area contributed by atoms with Gasteiger partial charge in [0, 0.05) is 51.3 Å². The Morgan fingerprint density at radius 2 is 1.66 bits per heavy atom. The minimum atomic E-state index is -1.12. The molecule has 6 rings (SSSR count). The summed E-state index contributed by atoms with van der Waals surface area (Å²) < 4.78 is 23.4. The molecule has 304 valence electrons. The van der Waals surface area contributed by atoms with Gasteiger partial charge in [0.05, 0.1) is 30.9 Å². The number of esters is 1. The molecule has 1 aliphatic carbocycles. The van der Waals surface area contributed by atoms with Gasteiger partial charge in [0.1, 0.15) is 18.7 Å². The summed E-state index contributed by atoms with van der Waals surface area (Å²) in [4.78, 5) is 84.0. The van der Waals surface area contributed by atoms with E-state index in [9.17, 15) is 28.8 Å². The maximum absolute atomic E-state index is 13.9. The van der Waals surface area contributed by atoms with Crippen molar-refractivity contribution in [3.05, 3.63) is 42.1 Å². The van der Waals surface area contributed by atoms with E-state index in [-0.39, 0.29) is 93.7 Å². The van der Waals surface area contributed by atoms with Crippen LogP contribution >= 0.6 is 0 Å². The van der Waals surface area contributed by atoms with Gasteiger partial charge in [-0.15, -0.1) is 0 Å². The summed E-state index contributed by atoms with van der Waals surface area (Å²) in [6.45, 7) is 6.16. The van der Waals surface area contributed by atoms with Gasteiger partial charge in [0.25, 0.3) is 11.8 Å². The van der Waals surface area contributed by atoms with Crippen molar-refractivity contribution in [3.8, 4) is 11.6 Å². The van der Waals surface area contributed by atoms with Gasteiger partial charge < -0.3 is 44.3 Å². The number of rotatable bonds is 16. The molecule has 0 spiro atoms. The second-order valence-electron chi connectivity index (χ2n) is 14.9. The lowest BCUT2D eigenvalue weighted by Crippen LogP contribution is -2.56. The summed E-state index contributed by atoms with van der Waals surface area (Å²) in [7, 11) is 0. The number of carbonyl (C=O) groups excluding carboxylic acids is 6. The van der Waals surface area contributed by atoms with Gasteiger partial charge in [-0.05, 0) is 64.0 Å². The topological polar surface area (TPSA) is 191 Å². The number of ether oxygens (including phenoxy) is 4. The average molecular weight is 780 g/mol. The fourth-order valence-electron chi connectivity index (χ4n) is 7.12. The normalized spacial score (nSPS) is 19.6. The lowest BCUT2D eigenvalue weighted by atomic mass is 9.84. The van der Waals surface area contributed by atoms with Crippen LogP contribution in [0.4, 0.5) is 4.79 Å². The van der Waals surface area contributed by atoms with E-state index in [0.29, 0.717) is 38.3 Å². The second kappa shape index (κ2) is 18.6. The summed E-state index contributed by atoms with van der Waals surface area (Å²) in [5, 5.41) is 10.3. The highest BCUT2D eigenvalue weighted by Gasteiger charge is 2.39. The molecule has 17 heteroatoms. The van der Waals surface area contributed by atoms with E-state index >= 15 is 0 Å². The van der Waals surface area contributed by atoms with E-state index in [1.165, 1.54) is 15.6 Å². The van der Waals surface area contributed by atoms with E-state index in [0.717, 1.165) is 25.7 Å². The number of hydrogen-bond donors (Lipinski definition) is 2. The van der Waals surface area contributed by atoms with Crippen molar-refractivity contribution in [2.45, 2.75) is 83.3 Å². The minimum absolute atomic E-state index is 0.0420. The van der Waals surface area contributed by atoms with Crippen molar-refractivity contribution in [2.75, 3.05) is 65.8 Å². The number of carbonyl (C=O) groups is 6. The van der Waals surface area contributed by atoms with Gasteiger partial charge in [0.2, 0.25) is 17.7 Å². The van der Waals surface area contributed by atoms with Crippen molar-refractivity contribution in [3.63, 3.8) is 0 Å². The van der Waals surface area contributed by atoms with Gasteiger partial charge in [-0.25, -0.2) is 9.48 Å². The quantitative estimate of drug-likeness (QED) is 0.237. The van der Waals surface area contributed by atoms with Crippen molar-refractivity contribution >= 4 is 35.7 Å². The molecule has 0 bridgehead atoms.